The van der Waals surface area contributed by atoms with Gasteiger partial charge >= 0.3 is 0 Å². The van der Waals surface area contributed by atoms with E-state index in [9.17, 15) is 13.2 Å². The van der Waals surface area contributed by atoms with Gasteiger partial charge in [0.2, 0.25) is 10.0 Å². The number of anilines is 1. The SMILES string of the molecule is Cc1n[nH]c(C)c1S(=O)(=O)N1CCCN(C(=O)c2cccc(N(C)C)c2)CC1. The van der Waals surface area contributed by atoms with E-state index in [4.69, 9.17) is 0 Å². The molecule has 0 spiro atoms. The van der Waals surface area contributed by atoms with Crippen LogP contribution in [0.25, 0.3) is 0 Å². The minimum atomic E-state index is -3.64. The molecule has 0 atom stereocenters. The van der Waals surface area contributed by atoms with E-state index in [1.807, 2.05) is 37.2 Å². The second-order valence-corrected chi connectivity index (χ2v) is 9.13. The van der Waals surface area contributed by atoms with Gasteiger partial charge in [0, 0.05) is 51.5 Å². The van der Waals surface area contributed by atoms with E-state index in [1.165, 1.54) is 4.31 Å². The second kappa shape index (κ2) is 7.92. The third-order valence-electron chi connectivity index (χ3n) is 5.01. The van der Waals surface area contributed by atoms with Gasteiger partial charge < -0.3 is 9.80 Å². The summed E-state index contributed by atoms with van der Waals surface area (Å²) in [5.41, 5.74) is 2.57. The molecule has 1 aliphatic rings. The molecular weight excluding hydrogens is 378 g/mol. The Hall–Kier alpha value is -2.39. The van der Waals surface area contributed by atoms with Gasteiger partial charge in [0.1, 0.15) is 4.90 Å². The molecule has 9 heteroatoms. The Bertz CT molecular complexity index is 948. The number of carbonyl (C=O) groups excluding carboxylic acids is 1. The predicted molar refractivity (Wildman–Crippen MR) is 108 cm³/mol. The zero-order chi connectivity index (χ0) is 20.5. The molecule has 1 amide bonds. The van der Waals surface area contributed by atoms with E-state index < -0.39 is 10.0 Å². The Balaban J connectivity index is 1.76. The largest absolute Gasteiger partial charge is 0.378 e. The molecular formula is C19H27N5O3S. The quantitative estimate of drug-likeness (QED) is 0.835. The maximum Gasteiger partial charge on any atom is 0.253 e. The number of nitrogens with one attached hydrogen (secondary N) is 1. The first-order chi connectivity index (χ1) is 13.2. The number of nitrogens with zero attached hydrogens (tertiary/aromatic N) is 4. The third kappa shape index (κ3) is 3.90. The molecule has 152 valence electrons. The number of aromatic amines is 1. The lowest BCUT2D eigenvalue weighted by Gasteiger charge is -2.22. The molecule has 1 aromatic heterocycles. The smallest absolute Gasteiger partial charge is 0.253 e. The van der Waals surface area contributed by atoms with Crippen molar-refractivity contribution >= 4 is 21.6 Å². The van der Waals surface area contributed by atoms with Gasteiger partial charge in [-0.3, -0.25) is 9.89 Å². The van der Waals surface area contributed by atoms with Crippen molar-refractivity contribution < 1.29 is 13.2 Å². The summed E-state index contributed by atoms with van der Waals surface area (Å²) in [6.07, 6.45) is 0.592. The first kappa shape index (κ1) is 20.3. The third-order valence-corrected chi connectivity index (χ3v) is 7.17. The first-order valence-corrected chi connectivity index (χ1v) is 10.7. The average Bonchev–Trinajstić information content (AvgIpc) is 2.86. The number of aromatic nitrogens is 2. The highest BCUT2D eigenvalue weighted by molar-refractivity contribution is 7.89. The molecule has 2 aromatic rings. The maximum atomic E-state index is 13.1. The molecule has 0 unspecified atom stereocenters. The van der Waals surface area contributed by atoms with Crippen molar-refractivity contribution in [3.8, 4) is 0 Å². The minimum Gasteiger partial charge on any atom is -0.378 e. The molecule has 1 saturated heterocycles. The number of hydrogen-bond acceptors (Lipinski definition) is 5. The fraction of sp³-hybridized carbons (Fsp3) is 0.474. The molecule has 0 bridgehead atoms. The standard InChI is InChI=1S/C19H27N5O3S/c1-14-18(15(2)21-20-14)28(26,27)24-10-6-9-23(11-12-24)19(25)16-7-5-8-17(13-16)22(3)4/h5,7-8,13H,6,9-12H2,1-4H3,(H,20,21). The molecule has 3 rings (SSSR count). The van der Waals surface area contributed by atoms with Gasteiger partial charge in [-0.05, 0) is 38.5 Å². The molecule has 28 heavy (non-hydrogen) atoms. The number of amides is 1. The molecule has 1 fully saturated rings. The zero-order valence-electron chi connectivity index (χ0n) is 16.8. The van der Waals surface area contributed by atoms with Crippen molar-refractivity contribution in [1.29, 1.82) is 0 Å². The first-order valence-electron chi connectivity index (χ1n) is 9.30. The Morgan fingerprint density at radius 2 is 1.89 bits per heavy atom. The van der Waals surface area contributed by atoms with Crippen LogP contribution in [0.15, 0.2) is 29.2 Å². The monoisotopic (exact) mass is 405 g/mol. The highest BCUT2D eigenvalue weighted by Gasteiger charge is 2.32. The molecule has 2 heterocycles. The molecule has 1 aromatic carbocycles. The average molecular weight is 406 g/mol. The lowest BCUT2D eigenvalue weighted by molar-refractivity contribution is 0.0764. The summed E-state index contributed by atoms with van der Waals surface area (Å²) >= 11 is 0. The molecule has 0 radical (unpaired) electrons. The van der Waals surface area contributed by atoms with Crippen molar-refractivity contribution in [2.24, 2.45) is 0 Å². The van der Waals surface area contributed by atoms with Crippen molar-refractivity contribution in [3.05, 3.63) is 41.2 Å². The van der Waals surface area contributed by atoms with Crippen LogP contribution in [0, 0.1) is 13.8 Å². The van der Waals surface area contributed by atoms with Gasteiger partial charge in [0.05, 0.1) is 11.4 Å². The van der Waals surface area contributed by atoms with E-state index >= 15 is 0 Å². The van der Waals surface area contributed by atoms with Gasteiger partial charge in [0.25, 0.3) is 5.91 Å². The van der Waals surface area contributed by atoms with E-state index in [0.29, 0.717) is 43.0 Å². The van der Waals surface area contributed by atoms with Crippen LogP contribution in [0.1, 0.15) is 28.2 Å². The topological polar surface area (TPSA) is 89.6 Å². The van der Waals surface area contributed by atoms with Gasteiger partial charge in [-0.1, -0.05) is 6.07 Å². The summed E-state index contributed by atoms with van der Waals surface area (Å²) in [6, 6.07) is 7.47. The molecule has 0 aliphatic carbocycles. The molecule has 0 saturated carbocycles. The summed E-state index contributed by atoms with van der Waals surface area (Å²) in [5.74, 6) is -0.0707. The fourth-order valence-corrected chi connectivity index (χ4v) is 5.29. The molecule has 1 aliphatic heterocycles. The Morgan fingerprint density at radius 1 is 1.14 bits per heavy atom. The highest BCUT2D eigenvalue weighted by atomic mass is 32.2. The van der Waals surface area contributed by atoms with Crippen LogP contribution >= 0.6 is 0 Å². The summed E-state index contributed by atoms with van der Waals surface area (Å²) in [7, 11) is 0.217. The van der Waals surface area contributed by atoms with Gasteiger partial charge in [-0.2, -0.15) is 9.40 Å². The van der Waals surface area contributed by atoms with Crippen LogP contribution in [0.4, 0.5) is 5.69 Å². The maximum absolute atomic E-state index is 13.1. The lowest BCUT2D eigenvalue weighted by atomic mass is 10.1. The molecule has 8 nitrogen and oxygen atoms in total. The van der Waals surface area contributed by atoms with Gasteiger partial charge in [-0.25, -0.2) is 8.42 Å². The number of rotatable bonds is 4. The number of carbonyl (C=O) groups is 1. The van der Waals surface area contributed by atoms with Crippen LogP contribution in [0.5, 0.6) is 0 Å². The summed E-state index contributed by atoms with van der Waals surface area (Å²) < 4.78 is 27.6. The summed E-state index contributed by atoms with van der Waals surface area (Å²) in [5, 5.41) is 6.74. The van der Waals surface area contributed by atoms with Gasteiger partial charge in [-0.15, -0.1) is 0 Å². The second-order valence-electron chi connectivity index (χ2n) is 7.26. The Kier molecular flexibility index (Phi) is 5.76. The Morgan fingerprint density at radius 3 is 2.54 bits per heavy atom. The van der Waals surface area contributed by atoms with E-state index in [-0.39, 0.29) is 17.3 Å². The fourth-order valence-electron chi connectivity index (χ4n) is 3.49. The van der Waals surface area contributed by atoms with Crippen molar-refractivity contribution in [3.63, 3.8) is 0 Å². The lowest BCUT2D eigenvalue weighted by Crippen LogP contribution is -2.37. The predicted octanol–water partition coefficient (Wildman–Crippen LogP) is 1.63. The van der Waals surface area contributed by atoms with Crippen LogP contribution in [-0.4, -0.2) is 74.0 Å². The molecule has 1 N–H and O–H groups in total. The van der Waals surface area contributed by atoms with Crippen LogP contribution in [-0.2, 0) is 10.0 Å². The van der Waals surface area contributed by atoms with Gasteiger partial charge in [0.15, 0.2) is 0 Å². The Labute approximate surface area is 166 Å². The normalized spacial score (nSPS) is 16.1. The minimum absolute atomic E-state index is 0.0707. The van der Waals surface area contributed by atoms with E-state index in [1.54, 1.807) is 24.8 Å². The number of sulfonamides is 1. The highest BCUT2D eigenvalue weighted by Crippen LogP contribution is 2.23. The summed E-state index contributed by atoms with van der Waals surface area (Å²) in [6.45, 7) is 4.93. The van der Waals surface area contributed by atoms with E-state index in [2.05, 4.69) is 10.2 Å². The van der Waals surface area contributed by atoms with Crippen molar-refractivity contribution in [2.75, 3.05) is 45.2 Å². The van der Waals surface area contributed by atoms with Crippen molar-refractivity contribution in [2.45, 2.75) is 25.2 Å². The number of aryl methyl sites for hydroxylation is 2. The van der Waals surface area contributed by atoms with Crippen LogP contribution in [0.2, 0.25) is 0 Å². The number of benzene rings is 1. The summed E-state index contributed by atoms with van der Waals surface area (Å²) in [4.78, 5) is 16.9. The number of H-pyrrole nitrogens is 1. The van der Waals surface area contributed by atoms with E-state index in [0.717, 1.165) is 5.69 Å². The van der Waals surface area contributed by atoms with Crippen LogP contribution < -0.4 is 4.90 Å². The van der Waals surface area contributed by atoms with Crippen molar-refractivity contribution in [1.82, 2.24) is 19.4 Å². The number of hydrogen-bond donors (Lipinski definition) is 1. The van der Waals surface area contributed by atoms with Crippen LogP contribution in [0.3, 0.4) is 0 Å². The zero-order valence-corrected chi connectivity index (χ0v) is 17.6.